The third-order valence-corrected chi connectivity index (χ3v) is 7.46. The van der Waals surface area contributed by atoms with E-state index in [1.54, 1.807) is 0 Å². The van der Waals surface area contributed by atoms with Gasteiger partial charge >= 0.3 is 11.9 Å². The van der Waals surface area contributed by atoms with Crippen LogP contribution in [0.15, 0.2) is 42.5 Å². The first-order chi connectivity index (χ1) is 21.8. The van der Waals surface area contributed by atoms with E-state index in [0.717, 1.165) is 65.6 Å². The molecule has 0 N–H and O–H groups in total. The van der Waals surface area contributed by atoms with E-state index >= 15 is 0 Å². The van der Waals surface area contributed by atoms with Gasteiger partial charge in [-0.05, 0) is 25.8 Å². The van der Waals surface area contributed by atoms with Crippen molar-refractivity contribution in [2.24, 2.45) is 0 Å². The second kappa shape index (κ2) is 19.9. The summed E-state index contributed by atoms with van der Waals surface area (Å²) in [5, 5.41) is 3.47. The van der Waals surface area contributed by atoms with Gasteiger partial charge in [0.1, 0.15) is 24.7 Å². The van der Waals surface area contributed by atoms with Gasteiger partial charge in [-0.2, -0.15) is 0 Å². The van der Waals surface area contributed by atoms with Crippen LogP contribution in [0.5, 0.6) is 11.5 Å². The van der Waals surface area contributed by atoms with Crippen LogP contribution in [0.3, 0.4) is 0 Å². The SMILES string of the molecule is CCCCCCOCC(COc1c2ccccc2c(OCC(COCCCCCC)OC(C)=O)c2cc(C)ccc12)OC(C)=O. The van der Waals surface area contributed by atoms with E-state index in [-0.39, 0.29) is 38.4 Å². The molecule has 3 aromatic carbocycles. The molecule has 8 heteroatoms. The fourth-order valence-corrected chi connectivity index (χ4v) is 5.27. The Hall–Kier alpha value is -3.36. The predicted molar refractivity (Wildman–Crippen MR) is 178 cm³/mol. The molecule has 0 heterocycles. The number of unbranched alkanes of at least 4 members (excludes halogenated alkanes) is 6. The van der Waals surface area contributed by atoms with Crippen molar-refractivity contribution < 1.29 is 38.0 Å². The molecule has 0 aliphatic rings. The first-order valence-corrected chi connectivity index (χ1v) is 16.5. The van der Waals surface area contributed by atoms with E-state index in [9.17, 15) is 9.59 Å². The Balaban J connectivity index is 1.84. The molecule has 0 saturated carbocycles. The van der Waals surface area contributed by atoms with Crippen LogP contribution < -0.4 is 9.47 Å². The summed E-state index contributed by atoms with van der Waals surface area (Å²) in [7, 11) is 0. The Morgan fingerprint density at radius 1 is 0.600 bits per heavy atom. The highest BCUT2D eigenvalue weighted by Gasteiger charge is 2.21. The number of hydrogen-bond acceptors (Lipinski definition) is 8. The highest BCUT2D eigenvalue weighted by atomic mass is 16.6. The first-order valence-electron chi connectivity index (χ1n) is 16.5. The molecule has 248 valence electrons. The largest absolute Gasteiger partial charge is 0.488 e. The van der Waals surface area contributed by atoms with Gasteiger partial charge in [-0.25, -0.2) is 0 Å². The third-order valence-electron chi connectivity index (χ3n) is 7.46. The van der Waals surface area contributed by atoms with Crippen LogP contribution in [0.4, 0.5) is 0 Å². The van der Waals surface area contributed by atoms with Crippen LogP contribution in [0.25, 0.3) is 21.5 Å². The molecular weight excluding hydrogens is 572 g/mol. The van der Waals surface area contributed by atoms with E-state index in [1.807, 2.05) is 43.3 Å². The van der Waals surface area contributed by atoms with Gasteiger partial charge in [0.25, 0.3) is 0 Å². The molecule has 0 radical (unpaired) electrons. The number of esters is 2. The van der Waals surface area contributed by atoms with Crippen molar-refractivity contribution in [3.8, 4) is 11.5 Å². The van der Waals surface area contributed by atoms with Crippen molar-refractivity contribution in [3.05, 3.63) is 48.0 Å². The molecule has 0 fully saturated rings. The topological polar surface area (TPSA) is 89.5 Å². The molecule has 0 aliphatic heterocycles. The predicted octanol–water partition coefficient (Wildman–Crippen LogP) is 8.12. The fourth-order valence-electron chi connectivity index (χ4n) is 5.27. The summed E-state index contributed by atoms with van der Waals surface area (Å²) < 4.78 is 35.8. The molecule has 0 bridgehead atoms. The van der Waals surface area contributed by atoms with E-state index < -0.39 is 12.2 Å². The van der Waals surface area contributed by atoms with Crippen molar-refractivity contribution in [2.45, 2.75) is 98.2 Å². The molecule has 0 aromatic heterocycles. The molecule has 3 aromatic rings. The van der Waals surface area contributed by atoms with Gasteiger partial charge in [0.05, 0.1) is 13.2 Å². The van der Waals surface area contributed by atoms with Crippen molar-refractivity contribution in [1.29, 1.82) is 0 Å². The minimum atomic E-state index is -0.547. The molecule has 0 aliphatic carbocycles. The summed E-state index contributed by atoms with van der Waals surface area (Å²) in [6.45, 7) is 11.2. The molecule has 0 saturated heterocycles. The molecule has 2 atom stereocenters. The average Bonchev–Trinajstić information content (AvgIpc) is 3.01. The Kier molecular flexibility index (Phi) is 16.0. The maximum absolute atomic E-state index is 11.9. The van der Waals surface area contributed by atoms with Crippen molar-refractivity contribution in [3.63, 3.8) is 0 Å². The van der Waals surface area contributed by atoms with Gasteiger partial charge < -0.3 is 28.4 Å². The van der Waals surface area contributed by atoms with Gasteiger partial charge in [0, 0.05) is 48.6 Å². The van der Waals surface area contributed by atoms with Crippen LogP contribution in [0.1, 0.15) is 84.6 Å². The molecular formula is C37H52O8. The van der Waals surface area contributed by atoms with Crippen LogP contribution in [-0.4, -0.2) is 63.8 Å². The summed E-state index contributed by atoms with van der Waals surface area (Å²) >= 11 is 0. The van der Waals surface area contributed by atoms with Crippen molar-refractivity contribution >= 4 is 33.5 Å². The van der Waals surface area contributed by atoms with Gasteiger partial charge in [-0.1, -0.05) is 94.3 Å². The number of carbonyl (C=O) groups is 2. The first kappa shape index (κ1) is 36.1. The highest BCUT2D eigenvalue weighted by molar-refractivity contribution is 6.11. The normalized spacial score (nSPS) is 12.6. The minimum absolute atomic E-state index is 0.145. The smallest absolute Gasteiger partial charge is 0.303 e. The maximum Gasteiger partial charge on any atom is 0.303 e. The summed E-state index contributed by atoms with van der Waals surface area (Å²) in [5.41, 5.74) is 1.06. The second-order valence-electron chi connectivity index (χ2n) is 11.6. The lowest BCUT2D eigenvalue weighted by Crippen LogP contribution is -2.29. The number of ether oxygens (including phenoxy) is 6. The summed E-state index contributed by atoms with van der Waals surface area (Å²) in [6.07, 6.45) is 7.76. The van der Waals surface area contributed by atoms with Gasteiger partial charge in [-0.15, -0.1) is 0 Å². The van der Waals surface area contributed by atoms with Gasteiger partial charge in [0.2, 0.25) is 0 Å². The number of carbonyl (C=O) groups excluding carboxylic acids is 2. The second-order valence-corrected chi connectivity index (χ2v) is 11.6. The number of fused-ring (bicyclic) bond motifs is 2. The zero-order valence-corrected chi connectivity index (χ0v) is 27.9. The Bertz CT molecular complexity index is 1340. The number of aryl methyl sites for hydroxylation is 1. The Morgan fingerprint density at radius 2 is 1.07 bits per heavy atom. The van der Waals surface area contributed by atoms with Crippen LogP contribution >= 0.6 is 0 Å². The van der Waals surface area contributed by atoms with Crippen molar-refractivity contribution in [2.75, 3.05) is 39.6 Å². The lowest BCUT2D eigenvalue weighted by atomic mass is 9.99. The molecule has 0 amide bonds. The van der Waals surface area contributed by atoms with Gasteiger partial charge in [0.15, 0.2) is 12.2 Å². The summed E-state index contributed by atoms with van der Waals surface area (Å²) in [5.74, 6) is 0.614. The van der Waals surface area contributed by atoms with Crippen LogP contribution in [-0.2, 0) is 28.5 Å². The minimum Gasteiger partial charge on any atom is -0.488 e. The quantitative estimate of drug-likeness (QED) is 0.0629. The number of rotatable bonds is 22. The summed E-state index contributed by atoms with van der Waals surface area (Å²) in [6, 6.07) is 14.0. The lowest BCUT2D eigenvalue weighted by molar-refractivity contribution is -0.152. The Morgan fingerprint density at radius 3 is 1.53 bits per heavy atom. The highest BCUT2D eigenvalue weighted by Crippen LogP contribution is 2.43. The van der Waals surface area contributed by atoms with E-state index in [0.29, 0.717) is 24.7 Å². The maximum atomic E-state index is 11.9. The lowest BCUT2D eigenvalue weighted by Gasteiger charge is -2.23. The molecule has 3 rings (SSSR count). The van der Waals surface area contributed by atoms with Crippen LogP contribution in [0.2, 0.25) is 0 Å². The summed E-state index contributed by atoms with van der Waals surface area (Å²) in [4.78, 5) is 23.8. The average molecular weight is 625 g/mol. The third kappa shape index (κ3) is 12.2. The molecule has 2 unspecified atom stereocenters. The zero-order chi connectivity index (χ0) is 32.4. The van der Waals surface area contributed by atoms with E-state index in [2.05, 4.69) is 19.9 Å². The number of benzene rings is 3. The monoisotopic (exact) mass is 624 g/mol. The molecule has 0 spiro atoms. The van der Waals surface area contributed by atoms with Crippen LogP contribution in [0, 0.1) is 6.92 Å². The fraction of sp³-hybridized carbons (Fsp3) is 0.568. The van der Waals surface area contributed by atoms with Gasteiger partial charge in [-0.3, -0.25) is 9.59 Å². The standard InChI is InChI=1S/C37H52O8/c1-6-8-10-14-20-40-23-30(44-28(4)38)25-42-36-32-16-12-13-17-33(32)37(35-22-27(3)18-19-34(35)36)43-26-31(45-29(5)39)24-41-21-15-11-9-7-2/h12-13,16-19,22,30-31H,6-11,14-15,20-21,23-26H2,1-5H3. The van der Waals surface area contributed by atoms with E-state index in [4.69, 9.17) is 28.4 Å². The molecule has 8 nitrogen and oxygen atoms in total. The van der Waals surface area contributed by atoms with E-state index in [1.165, 1.54) is 26.7 Å². The molecule has 45 heavy (non-hydrogen) atoms. The Labute approximate surface area is 268 Å². The number of hydrogen-bond donors (Lipinski definition) is 0. The zero-order valence-electron chi connectivity index (χ0n) is 27.9. The van der Waals surface area contributed by atoms with Crippen molar-refractivity contribution in [1.82, 2.24) is 0 Å².